The summed E-state index contributed by atoms with van der Waals surface area (Å²) >= 11 is 1.87. The average Bonchev–Trinajstić information content (AvgIpc) is 3.75. The highest BCUT2D eigenvalue weighted by atomic mass is 32.1. The van der Waals surface area contributed by atoms with Gasteiger partial charge in [0, 0.05) is 42.1 Å². The first-order valence-corrected chi connectivity index (χ1v) is 18.4. The second-order valence-electron chi connectivity index (χ2n) is 13.4. The van der Waals surface area contributed by atoms with Crippen molar-refractivity contribution in [3.05, 3.63) is 176 Å². The molecule has 0 amide bonds. The topological polar surface area (TPSA) is 30.7 Å². The molecule has 11 rings (SSSR count). The predicted molar refractivity (Wildman–Crippen MR) is 221 cm³/mol. The van der Waals surface area contributed by atoms with Crippen LogP contribution in [0, 0.1) is 0 Å². The van der Waals surface area contributed by atoms with Gasteiger partial charge in [0.05, 0.1) is 22.4 Å². The van der Waals surface area contributed by atoms with E-state index in [9.17, 15) is 0 Å². The van der Waals surface area contributed by atoms with Gasteiger partial charge >= 0.3 is 0 Å². The molecule has 0 spiro atoms. The Bertz CT molecular complexity index is 3120. The Morgan fingerprint density at radius 1 is 0.365 bits per heavy atom. The molecule has 0 aliphatic carbocycles. The van der Waals surface area contributed by atoms with Crippen molar-refractivity contribution in [2.45, 2.75) is 0 Å². The van der Waals surface area contributed by atoms with Crippen molar-refractivity contribution in [1.29, 1.82) is 0 Å². The van der Waals surface area contributed by atoms with E-state index >= 15 is 0 Å². The summed E-state index contributed by atoms with van der Waals surface area (Å²) in [6.07, 6.45) is 0. The van der Waals surface area contributed by atoms with Gasteiger partial charge in [0.25, 0.3) is 0 Å². The lowest BCUT2D eigenvalue weighted by Crippen LogP contribution is -2.04. The summed E-state index contributed by atoms with van der Waals surface area (Å²) in [7, 11) is 0. The maximum absolute atomic E-state index is 5.23. The number of hydrogen-bond acceptors (Lipinski definition) is 3. The van der Waals surface area contributed by atoms with Crippen molar-refractivity contribution in [1.82, 2.24) is 14.5 Å². The molecule has 0 atom stereocenters. The van der Waals surface area contributed by atoms with Crippen LogP contribution in [0.15, 0.2) is 176 Å². The molecule has 0 bridgehead atoms. The van der Waals surface area contributed by atoms with Crippen molar-refractivity contribution in [2.75, 3.05) is 0 Å². The monoisotopic (exact) mass is 679 g/mol. The summed E-state index contributed by atoms with van der Waals surface area (Å²) in [4.78, 5) is 10.5. The van der Waals surface area contributed by atoms with Crippen LogP contribution >= 0.6 is 11.3 Å². The molecule has 52 heavy (non-hydrogen) atoms. The van der Waals surface area contributed by atoms with E-state index in [2.05, 4.69) is 168 Å². The summed E-state index contributed by atoms with van der Waals surface area (Å²) in [6, 6.07) is 63.1. The van der Waals surface area contributed by atoms with Crippen molar-refractivity contribution in [3.63, 3.8) is 0 Å². The minimum Gasteiger partial charge on any atom is -0.278 e. The van der Waals surface area contributed by atoms with Crippen LogP contribution < -0.4 is 0 Å². The number of fused-ring (bicyclic) bond motifs is 9. The van der Waals surface area contributed by atoms with Gasteiger partial charge < -0.3 is 0 Å². The minimum absolute atomic E-state index is 0.655. The molecule has 0 fully saturated rings. The zero-order valence-corrected chi connectivity index (χ0v) is 28.8. The van der Waals surface area contributed by atoms with Gasteiger partial charge in [-0.05, 0) is 81.2 Å². The summed E-state index contributed by atoms with van der Waals surface area (Å²) in [6.45, 7) is 0. The third kappa shape index (κ3) is 4.51. The van der Waals surface area contributed by atoms with Crippen molar-refractivity contribution >= 4 is 74.9 Å². The molecule has 242 valence electrons. The van der Waals surface area contributed by atoms with Gasteiger partial charge in [-0.3, -0.25) is 4.57 Å². The summed E-state index contributed by atoms with van der Waals surface area (Å²) in [5.74, 6) is 0.655. The predicted octanol–water partition coefficient (Wildman–Crippen LogP) is 13.2. The second-order valence-corrected chi connectivity index (χ2v) is 14.5. The maximum atomic E-state index is 5.23. The summed E-state index contributed by atoms with van der Waals surface area (Å²) in [5, 5.41) is 10.1. The van der Waals surface area contributed by atoms with Gasteiger partial charge in [-0.25, -0.2) is 9.97 Å². The Balaban J connectivity index is 1.17. The minimum atomic E-state index is 0.655. The molecule has 0 radical (unpaired) electrons. The zero-order valence-electron chi connectivity index (χ0n) is 28.0. The number of para-hydroxylation sites is 1. The van der Waals surface area contributed by atoms with E-state index < -0.39 is 0 Å². The number of aromatic nitrogens is 3. The molecular weight excluding hydrogens is 651 g/mol. The highest BCUT2D eigenvalue weighted by Gasteiger charge is 2.19. The molecule has 3 aromatic heterocycles. The van der Waals surface area contributed by atoms with E-state index in [1.165, 1.54) is 63.6 Å². The van der Waals surface area contributed by atoms with Crippen LogP contribution in [0.2, 0.25) is 0 Å². The number of hydrogen-bond donors (Lipinski definition) is 0. The van der Waals surface area contributed by atoms with Crippen molar-refractivity contribution in [2.24, 2.45) is 0 Å². The first-order chi connectivity index (χ1) is 25.8. The van der Waals surface area contributed by atoms with Gasteiger partial charge in [-0.1, -0.05) is 127 Å². The fraction of sp³-hybridized carbons (Fsp3) is 0. The molecule has 0 aliphatic heterocycles. The number of thiophene rings is 1. The van der Waals surface area contributed by atoms with Gasteiger partial charge in [-0.2, -0.15) is 0 Å². The lowest BCUT2D eigenvalue weighted by molar-refractivity contribution is 0.995. The normalized spacial score (nSPS) is 11.8. The van der Waals surface area contributed by atoms with Crippen LogP contribution in [0.5, 0.6) is 0 Å². The van der Waals surface area contributed by atoms with Crippen LogP contribution in [0.4, 0.5) is 0 Å². The molecular formula is C48H29N3S. The third-order valence-corrected chi connectivity index (χ3v) is 11.5. The van der Waals surface area contributed by atoms with E-state index in [1.54, 1.807) is 0 Å². The standard InChI is InChI=1S/C48H29N3S/c1-3-13-30(14-4-1)42-29-43(31-15-5-2-6-16-31)50-48(49-42)51-44-21-11-9-19-35(44)40-26-33(23-24-45(40)51)37-25-32-17-7-8-18-34(32)38-27-41-36-20-10-12-22-46(36)52-47(41)28-39(37)38/h1-29H. The Morgan fingerprint density at radius 2 is 1.00 bits per heavy atom. The van der Waals surface area contributed by atoms with E-state index in [-0.39, 0.29) is 0 Å². The van der Waals surface area contributed by atoms with Gasteiger partial charge in [-0.15, -0.1) is 11.3 Å². The quantitative estimate of drug-likeness (QED) is 0.173. The van der Waals surface area contributed by atoms with Gasteiger partial charge in [0.2, 0.25) is 5.95 Å². The number of nitrogens with zero attached hydrogens (tertiary/aromatic N) is 3. The van der Waals surface area contributed by atoms with Crippen molar-refractivity contribution in [3.8, 4) is 39.6 Å². The number of benzene rings is 8. The smallest absolute Gasteiger partial charge is 0.235 e. The summed E-state index contributed by atoms with van der Waals surface area (Å²) in [5.41, 5.74) is 8.48. The third-order valence-electron chi connectivity index (χ3n) is 10.4. The van der Waals surface area contributed by atoms with Crippen LogP contribution in [0.25, 0.3) is 103 Å². The first kappa shape index (κ1) is 29.1. The Labute approximate surface area is 303 Å². The molecule has 0 N–H and O–H groups in total. The highest BCUT2D eigenvalue weighted by molar-refractivity contribution is 7.25. The lowest BCUT2D eigenvalue weighted by Gasteiger charge is -2.13. The fourth-order valence-corrected chi connectivity index (χ4v) is 9.09. The Hall–Kier alpha value is -6.62. The largest absolute Gasteiger partial charge is 0.278 e. The number of rotatable bonds is 4. The SMILES string of the molecule is c1ccc(-c2cc(-c3ccccc3)nc(-n3c4ccccc4c4cc(-c5cc6ccccc6c6cc7c(cc56)sc5ccccc57)ccc43)n2)cc1. The zero-order chi connectivity index (χ0) is 34.2. The van der Waals surface area contributed by atoms with Crippen LogP contribution in [-0.4, -0.2) is 14.5 Å². The van der Waals surface area contributed by atoms with Crippen LogP contribution in [0.3, 0.4) is 0 Å². The first-order valence-electron chi connectivity index (χ1n) is 17.6. The highest BCUT2D eigenvalue weighted by Crippen LogP contribution is 2.43. The molecule has 3 heterocycles. The lowest BCUT2D eigenvalue weighted by atomic mass is 9.91. The molecule has 0 unspecified atom stereocenters. The van der Waals surface area contributed by atoms with Crippen LogP contribution in [-0.2, 0) is 0 Å². The molecule has 11 aromatic rings. The molecule has 0 saturated carbocycles. The van der Waals surface area contributed by atoms with E-state index in [0.29, 0.717) is 5.95 Å². The second kappa shape index (κ2) is 11.5. The molecule has 0 saturated heterocycles. The Kier molecular flexibility index (Phi) is 6.42. The van der Waals surface area contributed by atoms with E-state index in [0.717, 1.165) is 33.5 Å². The molecule has 8 aromatic carbocycles. The van der Waals surface area contributed by atoms with E-state index in [4.69, 9.17) is 9.97 Å². The Morgan fingerprint density at radius 3 is 1.77 bits per heavy atom. The van der Waals surface area contributed by atoms with Gasteiger partial charge in [0.1, 0.15) is 0 Å². The maximum Gasteiger partial charge on any atom is 0.235 e. The summed E-state index contributed by atoms with van der Waals surface area (Å²) < 4.78 is 4.86. The molecule has 0 aliphatic rings. The fourth-order valence-electron chi connectivity index (χ4n) is 7.96. The van der Waals surface area contributed by atoms with Gasteiger partial charge in [0.15, 0.2) is 0 Å². The molecule has 3 nitrogen and oxygen atoms in total. The van der Waals surface area contributed by atoms with Crippen molar-refractivity contribution < 1.29 is 0 Å². The molecule has 4 heteroatoms. The van der Waals surface area contributed by atoms with Crippen LogP contribution in [0.1, 0.15) is 0 Å². The average molecular weight is 680 g/mol. The van der Waals surface area contributed by atoms with E-state index in [1.807, 2.05) is 23.5 Å².